The summed E-state index contributed by atoms with van der Waals surface area (Å²) in [6.07, 6.45) is 11.2. The Morgan fingerprint density at radius 1 is 1.28 bits per heavy atom. The minimum absolute atomic E-state index is 0.0253. The van der Waals surface area contributed by atoms with Crippen LogP contribution in [-0.2, 0) is 4.79 Å². The van der Waals surface area contributed by atoms with E-state index < -0.39 is 0 Å². The van der Waals surface area contributed by atoms with Crippen LogP contribution in [0.15, 0.2) is 24.3 Å². The van der Waals surface area contributed by atoms with Gasteiger partial charge in [0, 0.05) is 35.1 Å². The largest absolute Gasteiger partial charge is 0.359 e. The van der Waals surface area contributed by atoms with Crippen molar-refractivity contribution >= 4 is 29.2 Å². The van der Waals surface area contributed by atoms with Gasteiger partial charge in [-0.05, 0) is 81.4 Å². The minimum Gasteiger partial charge on any atom is -0.359 e. The maximum absolute atomic E-state index is 13.6. The number of carbonyl (C=O) groups excluding carboxylic acids is 2. The molecule has 166 valence electrons. The molecule has 1 fully saturated rings. The molecule has 0 radical (unpaired) electrons. The molecule has 1 aromatic carbocycles. The first kappa shape index (κ1) is 21.9. The van der Waals surface area contributed by atoms with Gasteiger partial charge in [0.25, 0.3) is 11.8 Å². The quantitative estimate of drug-likeness (QED) is 0.502. The number of hydrogen-bond acceptors (Lipinski definition) is 3. The maximum Gasteiger partial charge on any atom is 0.259 e. The average molecular weight is 431 g/mol. The highest BCUT2D eigenvalue weighted by Crippen LogP contribution is 2.40. The summed E-state index contributed by atoms with van der Waals surface area (Å²) >= 11 is 0. The van der Waals surface area contributed by atoms with Gasteiger partial charge in [-0.3, -0.25) is 9.59 Å². The molecule has 6 nitrogen and oxygen atoms in total. The van der Waals surface area contributed by atoms with Crippen molar-refractivity contribution in [2.75, 3.05) is 18.0 Å². The molecule has 2 heterocycles. The average Bonchev–Trinajstić information content (AvgIpc) is 3.23. The van der Waals surface area contributed by atoms with E-state index in [4.69, 9.17) is 12.2 Å². The van der Waals surface area contributed by atoms with Crippen LogP contribution in [-0.4, -0.2) is 35.9 Å². The number of aromatic nitrogens is 1. The molecule has 1 aromatic heterocycles. The van der Waals surface area contributed by atoms with Crippen LogP contribution in [0.3, 0.4) is 0 Å². The summed E-state index contributed by atoms with van der Waals surface area (Å²) < 4.78 is 0. The number of hydrogen-bond donors (Lipinski definition) is 3. The maximum atomic E-state index is 13.6. The summed E-state index contributed by atoms with van der Waals surface area (Å²) in [5, 5.41) is 2.70. The van der Waals surface area contributed by atoms with Crippen molar-refractivity contribution in [3.63, 3.8) is 0 Å². The van der Waals surface area contributed by atoms with E-state index in [2.05, 4.69) is 22.3 Å². The number of anilines is 1. The van der Waals surface area contributed by atoms with Crippen LogP contribution in [0.2, 0.25) is 0 Å². The number of nitrogens with one attached hydrogen (secondary N) is 2. The van der Waals surface area contributed by atoms with Gasteiger partial charge in [-0.15, -0.1) is 6.42 Å². The lowest BCUT2D eigenvalue weighted by atomic mass is 9.86. The Morgan fingerprint density at radius 2 is 2.03 bits per heavy atom. The molecule has 0 unspecified atom stereocenters. The highest BCUT2D eigenvalue weighted by molar-refractivity contribution is 6.36. The lowest BCUT2D eigenvalue weighted by Gasteiger charge is -2.29. The second-order valence-corrected chi connectivity index (χ2v) is 8.92. The Hall–Kier alpha value is -3.30. The van der Waals surface area contributed by atoms with Crippen molar-refractivity contribution in [1.82, 2.24) is 10.3 Å². The van der Waals surface area contributed by atoms with Crippen LogP contribution in [0, 0.1) is 32.1 Å². The van der Waals surface area contributed by atoms with E-state index in [9.17, 15) is 9.59 Å². The van der Waals surface area contributed by atoms with Crippen LogP contribution in [0.5, 0.6) is 0 Å². The number of nitrogens with two attached hydrogens (primary N) is 1. The molecular formula is C26H30N4O2. The number of terminal acetylenes is 1. The summed E-state index contributed by atoms with van der Waals surface area (Å²) in [7, 11) is 0. The SMILES string of the molecule is C#CCNC(=O)c1ccc2c(c1)/C(=C/c1[nH]c(C)cc1C)C(=O)N2CC1CCC(N)CC1. The van der Waals surface area contributed by atoms with Crippen LogP contribution in [0.25, 0.3) is 11.6 Å². The van der Waals surface area contributed by atoms with E-state index in [1.165, 1.54) is 0 Å². The normalized spacial score (nSPS) is 21.5. The summed E-state index contributed by atoms with van der Waals surface area (Å²) in [6, 6.07) is 7.76. The predicted octanol–water partition coefficient (Wildman–Crippen LogP) is 3.40. The predicted molar refractivity (Wildman–Crippen MR) is 128 cm³/mol. The van der Waals surface area contributed by atoms with Crippen molar-refractivity contribution in [1.29, 1.82) is 0 Å². The van der Waals surface area contributed by atoms with Gasteiger partial charge in [-0.1, -0.05) is 5.92 Å². The number of benzene rings is 1. The molecule has 32 heavy (non-hydrogen) atoms. The van der Waals surface area contributed by atoms with E-state index >= 15 is 0 Å². The van der Waals surface area contributed by atoms with E-state index in [-0.39, 0.29) is 24.4 Å². The number of H-pyrrole nitrogens is 1. The molecule has 6 heteroatoms. The van der Waals surface area contributed by atoms with Crippen LogP contribution in [0.4, 0.5) is 5.69 Å². The second-order valence-electron chi connectivity index (χ2n) is 8.92. The van der Waals surface area contributed by atoms with E-state index in [1.807, 2.05) is 30.9 Å². The molecule has 1 saturated carbocycles. The first-order valence-electron chi connectivity index (χ1n) is 11.2. The van der Waals surface area contributed by atoms with Crippen molar-refractivity contribution in [2.24, 2.45) is 11.7 Å². The molecule has 0 spiro atoms. The first-order chi connectivity index (χ1) is 15.4. The second kappa shape index (κ2) is 9.05. The zero-order valence-electron chi connectivity index (χ0n) is 18.7. The number of aryl methyl sites for hydroxylation is 2. The highest BCUT2D eigenvalue weighted by atomic mass is 16.2. The first-order valence-corrected chi connectivity index (χ1v) is 11.2. The van der Waals surface area contributed by atoms with Gasteiger partial charge in [0.05, 0.1) is 17.8 Å². The number of rotatable bonds is 5. The Labute approximate surface area is 189 Å². The number of nitrogens with zero attached hydrogens (tertiary/aromatic N) is 1. The third kappa shape index (κ3) is 4.35. The molecule has 2 aliphatic rings. The Morgan fingerprint density at radius 3 is 2.69 bits per heavy atom. The lowest BCUT2D eigenvalue weighted by Crippen LogP contribution is -2.36. The molecule has 0 atom stereocenters. The minimum atomic E-state index is -0.246. The summed E-state index contributed by atoms with van der Waals surface area (Å²) in [5.41, 5.74) is 11.8. The molecule has 4 rings (SSSR count). The highest BCUT2D eigenvalue weighted by Gasteiger charge is 2.35. The number of aromatic amines is 1. The molecule has 1 aliphatic carbocycles. The van der Waals surface area contributed by atoms with Gasteiger partial charge in [-0.25, -0.2) is 0 Å². The monoisotopic (exact) mass is 430 g/mol. The molecule has 4 N–H and O–H groups in total. The van der Waals surface area contributed by atoms with Crippen LogP contribution in [0.1, 0.15) is 58.6 Å². The smallest absolute Gasteiger partial charge is 0.259 e. The summed E-state index contributed by atoms with van der Waals surface area (Å²) in [6.45, 7) is 4.84. The van der Waals surface area contributed by atoms with Gasteiger partial charge in [0.15, 0.2) is 0 Å². The van der Waals surface area contributed by atoms with Crippen molar-refractivity contribution < 1.29 is 9.59 Å². The number of fused-ring (bicyclic) bond motifs is 1. The zero-order valence-corrected chi connectivity index (χ0v) is 18.7. The molecule has 1 aliphatic heterocycles. The van der Waals surface area contributed by atoms with Gasteiger partial charge < -0.3 is 20.9 Å². The van der Waals surface area contributed by atoms with E-state index in [0.29, 0.717) is 23.6 Å². The fraction of sp³-hybridized carbons (Fsp3) is 0.385. The molecular weight excluding hydrogens is 400 g/mol. The van der Waals surface area contributed by atoms with E-state index in [1.54, 1.807) is 12.1 Å². The fourth-order valence-corrected chi connectivity index (χ4v) is 4.73. The van der Waals surface area contributed by atoms with Crippen molar-refractivity contribution in [3.8, 4) is 12.3 Å². The topological polar surface area (TPSA) is 91.2 Å². The van der Waals surface area contributed by atoms with Crippen LogP contribution >= 0.6 is 0 Å². The fourth-order valence-electron chi connectivity index (χ4n) is 4.73. The lowest BCUT2D eigenvalue weighted by molar-refractivity contribution is -0.113. The number of amides is 2. The summed E-state index contributed by atoms with van der Waals surface area (Å²) in [4.78, 5) is 31.3. The molecule has 2 aromatic rings. The third-order valence-electron chi connectivity index (χ3n) is 6.48. The van der Waals surface area contributed by atoms with Crippen molar-refractivity contribution in [2.45, 2.75) is 45.6 Å². The van der Waals surface area contributed by atoms with Crippen LogP contribution < -0.4 is 16.0 Å². The molecule has 2 amide bonds. The number of carbonyl (C=O) groups is 2. The Kier molecular flexibility index (Phi) is 6.20. The standard InChI is InChI=1S/C26H30N4O2/c1-4-11-28-25(31)19-7-10-24-21(13-19)22(14-23-16(2)12-17(3)29-23)26(32)30(24)15-18-5-8-20(27)9-6-18/h1,7,10,12-14,18,20,29H,5-6,8-9,11,15,27H2,2-3H3,(H,28,31)/b22-14-. The summed E-state index contributed by atoms with van der Waals surface area (Å²) in [5.74, 6) is 2.57. The van der Waals surface area contributed by atoms with Gasteiger partial charge in [0.1, 0.15) is 0 Å². The van der Waals surface area contributed by atoms with Gasteiger partial charge in [-0.2, -0.15) is 0 Å². The van der Waals surface area contributed by atoms with Gasteiger partial charge >= 0.3 is 0 Å². The zero-order chi connectivity index (χ0) is 22.8. The Bertz CT molecular complexity index is 1110. The molecule has 0 saturated heterocycles. The molecule has 0 bridgehead atoms. The van der Waals surface area contributed by atoms with E-state index in [0.717, 1.165) is 53.9 Å². The van der Waals surface area contributed by atoms with Crippen molar-refractivity contribution in [3.05, 3.63) is 52.3 Å². The Balaban J connectivity index is 1.71. The van der Waals surface area contributed by atoms with Gasteiger partial charge in [0.2, 0.25) is 0 Å². The third-order valence-corrected chi connectivity index (χ3v) is 6.48.